The van der Waals surface area contributed by atoms with Crippen LogP contribution in [-0.4, -0.2) is 55.2 Å². The number of benzene rings is 2. The highest BCUT2D eigenvalue weighted by Gasteiger charge is 2.21. The SMILES string of the molecule is CCCOc1ccc(NC(=O)N2CCN(Cc3ccc(C#N)cc3)CC2)cc1OCCC. The van der Waals surface area contributed by atoms with Crippen LogP contribution >= 0.6 is 0 Å². The Bertz CT molecular complexity index is 916. The van der Waals surface area contributed by atoms with Gasteiger partial charge >= 0.3 is 6.03 Å². The number of amides is 2. The van der Waals surface area contributed by atoms with Crippen LogP contribution in [0.25, 0.3) is 0 Å². The summed E-state index contributed by atoms with van der Waals surface area (Å²) in [6.07, 6.45) is 1.82. The van der Waals surface area contributed by atoms with E-state index in [1.54, 1.807) is 0 Å². The van der Waals surface area contributed by atoms with Gasteiger partial charge in [-0.05, 0) is 42.7 Å². The highest BCUT2D eigenvalue weighted by atomic mass is 16.5. The van der Waals surface area contributed by atoms with E-state index < -0.39 is 0 Å². The van der Waals surface area contributed by atoms with Crippen molar-refractivity contribution in [3.8, 4) is 17.6 Å². The van der Waals surface area contributed by atoms with E-state index in [0.29, 0.717) is 49.1 Å². The Hall–Kier alpha value is -3.24. The number of carbonyl (C=O) groups excluding carboxylic acids is 1. The topological polar surface area (TPSA) is 77.8 Å². The van der Waals surface area contributed by atoms with Crippen molar-refractivity contribution in [1.82, 2.24) is 9.80 Å². The summed E-state index contributed by atoms with van der Waals surface area (Å²) in [5.74, 6) is 1.36. The molecule has 0 radical (unpaired) electrons. The van der Waals surface area contributed by atoms with Crippen molar-refractivity contribution in [2.24, 2.45) is 0 Å². The Balaban J connectivity index is 1.53. The van der Waals surface area contributed by atoms with Crippen LogP contribution in [-0.2, 0) is 6.54 Å². The number of piperazine rings is 1. The minimum atomic E-state index is -0.105. The van der Waals surface area contributed by atoms with Gasteiger partial charge in [0.25, 0.3) is 0 Å². The molecule has 1 aliphatic heterocycles. The van der Waals surface area contributed by atoms with Crippen molar-refractivity contribution in [3.05, 3.63) is 53.6 Å². The summed E-state index contributed by atoms with van der Waals surface area (Å²) in [6.45, 7) is 9.10. The maximum absolute atomic E-state index is 12.8. The molecule has 1 saturated heterocycles. The first kappa shape index (κ1) is 23.4. The molecule has 0 atom stereocenters. The number of anilines is 1. The standard InChI is InChI=1S/C25H32N4O3/c1-3-15-31-23-10-9-22(17-24(23)32-16-4-2)27-25(30)29-13-11-28(12-14-29)19-21-7-5-20(18-26)6-8-21/h5-10,17H,3-4,11-16,19H2,1-2H3,(H,27,30). The van der Waals surface area contributed by atoms with Crippen LogP contribution < -0.4 is 14.8 Å². The van der Waals surface area contributed by atoms with Gasteiger partial charge in [-0.25, -0.2) is 4.79 Å². The van der Waals surface area contributed by atoms with Gasteiger partial charge in [0.05, 0.1) is 24.8 Å². The van der Waals surface area contributed by atoms with Gasteiger partial charge in [0.15, 0.2) is 11.5 Å². The molecule has 2 aromatic carbocycles. The number of hydrogen-bond donors (Lipinski definition) is 1. The molecule has 170 valence electrons. The zero-order chi connectivity index (χ0) is 22.8. The fraction of sp³-hybridized carbons (Fsp3) is 0.440. The molecule has 2 amide bonds. The Morgan fingerprint density at radius 1 is 0.969 bits per heavy atom. The van der Waals surface area contributed by atoms with E-state index in [4.69, 9.17) is 14.7 Å². The minimum absolute atomic E-state index is 0.105. The van der Waals surface area contributed by atoms with Crippen LogP contribution in [0.1, 0.15) is 37.8 Å². The number of nitriles is 1. The lowest BCUT2D eigenvalue weighted by atomic mass is 10.1. The molecule has 0 spiro atoms. The normalized spacial score (nSPS) is 14.0. The molecule has 1 fully saturated rings. The molecular weight excluding hydrogens is 404 g/mol. The summed E-state index contributed by atoms with van der Waals surface area (Å²) in [5.41, 5.74) is 2.54. The van der Waals surface area contributed by atoms with Gasteiger partial charge in [0, 0.05) is 44.5 Å². The Morgan fingerprint density at radius 3 is 2.25 bits per heavy atom. The lowest BCUT2D eigenvalue weighted by Gasteiger charge is -2.34. The Labute approximate surface area is 190 Å². The summed E-state index contributed by atoms with van der Waals surface area (Å²) in [6, 6.07) is 15.2. The van der Waals surface area contributed by atoms with E-state index >= 15 is 0 Å². The predicted octanol–water partition coefficient (Wildman–Crippen LogP) is 4.49. The quantitative estimate of drug-likeness (QED) is 0.627. The van der Waals surface area contributed by atoms with Gasteiger partial charge < -0.3 is 19.7 Å². The zero-order valence-electron chi connectivity index (χ0n) is 19.0. The van der Waals surface area contributed by atoms with Gasteiger partial charge in [0.2, 0.25) is 0 Å². The van der Waals surface area contributed by atoms with Crippen LogP contribution in [0, 0.1) is 11.3 Å². The van der Waals surface area contributed by atoms with Crippen molar-refractivity contribution >= 4 is 11.7 Å². The molecule has 1 aliphatic rings. The molecule has 0 bridgehead atoms. The molecular formula is C25H32N4O3. The lowest BCUT2D eigenvalue weighted by molar-refractivity contribution is 0.143. The summed E-state index contributed by atoms with van der Waals surface area (Å²) in [5, 5.41) is 11.9. The first-order valence-electron chi connectivity index (χ1n) is 11.3. The fourth-order valence-corrected chi connectivity index (χ4v) is 3.50. The third-order valence-electron chi connectivity index (χ3n) is 5.27. The fourth-order valence-electron chi connectivity index (χ4n) is 3.50. The summed E-state index contributed by atoms with van der Waals surface area (Å²) in [4.78, 5) is 16.9. The summed E-state index contributed by atoms with van der Waals surface area (Å²) < 4.78 is 11.6. The number of ether oxygens (including phenoxy) is 2. The van der Waals surface area contributed by atoms with Gasteiger partial charge in [0.1, 0.15) is 0 Å². The largest absolute Gasteiger partial charge is 0.490 e. The number of hydrogen-bond acceptors (Lipinski definition) is 5. The average Bonchev–Trinajstić information content (AvgIpc) is 2.83. The number of nitrogens with zero attached hydrogens (tertiary/aromatic N) is 3. The lowest BCUT2D eigenvalue weighted by Crippen LogP contribution is -2.49. The maximum atomic E-state index is 12.8. The monoisotopic (exact) mass is 436 g/mol. The van der Waals surface area contributed by atoms with E-state index in [1.807, 2.05) is 47.4 Å². The summed E-state index contributed by atoms with van der Waals surface area (Å²) >= 11 is 0. The maximum Gasteiger partial charge on any atom is 0.321 e. The minimum Gasteiger partial charge on any atom is -0.490 e. The highest BCUT2D eigenvalue weighted by Crippen LogP contribution is 2.31. The van der Waals surface area contributed by atoms with Crippen molar-refractivity contribution < 1.29 is 14.3 Å². The van der Waals surface area contributed by atoms with E-state index in [1.165, 1.54) is 5.56 Å². The predicted molar refractivity (Wildman–Crippen MR) is 125 cm³/mol. The molecule has 1 heterocycles. The van der Waals surface area contributed by atoms with Gasteiger partial charge in [-0.3, -0.25) is 4.90 Å². The van der Waals surface area contributed by atoms with E-state index in [0.717, 1.165) is 32.5 Å². The Morgan fingerprint density at radius 2 is 1.62 bits per heavy atom. The van der Waals surface area contributed by atoms with E-state index in [9.17, 15) is 4.79 Å². The second-order valence-corrected chi connectivity index (χ2v) is 7.86. The molecule has 3 rings (SSSR count). The molecule has 7 nitrogen and oxygen atoms in total. The van der Waals surface area contributed by atoms with Crippen LogP contribution in [0.4, 0.5) is 10.5 Å². The molecule has 1 N–H and O–H groups in total. The second kappa shape index (κ2) is 12.0. The summed E-state index contributed by atoms with van der Waals surface area (Å²) in [7, 11) is 0. The van der Waals surface area contributed by atoms with E-state index in [2.05, 4.69) is 30.1 Å². The number of nitrogens with one attached hydrogen (secondary N) is 1. The van der Waals surface area contributed by atoms with Gasteiger partial charge in [-0.2, -0.15) is 5.26 Å². The average molecular weight is 437 g/mol. The van der Waals surface area contributed by atoms with Crippen molar-refractivity contribution in [2.75, 3.05) is 44.7 Å². The third kappa shape index (κ3) is 6.63. The first-order valence-corrected chi connectivity index (χ1v) is 11.3. The van der Waals surface area contributed by atoms with E-state index in [-0.39, 0.29) is 6.03 Å². The second-order valence-electron chi connectivity index (χ2n) is 7.86. The molecule has 0 aliphatic carbocycles. The number of rotatable bonds is 9. The number of carbonyl (C=O) groups is 1. The van der Waals surface area contributed by atoms with Gasteiger partial charge in [-0.1, -0.05) is 26.0 Å². The van der Waals surface area contributed by atoms with Crippen molar-refractivity contribution in [2.45, 2.75) is 33.2 Å². The molecule has 0 unspecified atom stereocenters. The molecule has 7 heteroatoms. The molecule has 32 heavy (non-hydrogen) atoms. The molecule has 2 aromatic rings. The molecule has 0 aromatic heterocycles. The highest BCUT2D eigenvalue weighted by molar-refractivity contribution is 5.89. The van der Waals surface area contributed by atoms with Crippen molar-refractivity contribution in [3.63, 3.8) is 0 Å². The first-order chi connectivity index (χ1) is 15.6. The van der Waals surface area contributed by atoms with Crippen molar-refractivity contribution in [1.29, 1.82) is 5.26 Å². The smallest absolute Gasteiger partial charge is 0.321 e. The number of urea groups is 1. The molecule has 0 saturated carbocycles. The van der Waals surface area contributed by atoms with Crippen LogP contribution in [0.5, 0.6) is 11.5 Å². The van der Waals surface area contributed by atoms with Gasteiger partial charge in [-0.15, -0.1) is 0 Å². The Kier molecular flexibility index (Phi) is 8.76. The zero-order valence-corrected chi connectivity index (χ0v) is 19.0. The van der Waals surface area contributed by atoms with Crippen LogP contribution in [0.3, 0.4) is 0 Å². The third-order valence-corrected chi connectivity index (χ3v) is 5.27. The van der Waals surface area contributed by atoms with Crippen LogP contribution in [0.2, 0.25) is 0 Å². The van der Waals surface area contributed by atoms with Crippen LogP contribution in [0.15, 0.2) is 42.5 Å².